The smallest absolute Gasteiger partial charge is 0.251 e. The third-order valence-corrected chi connectivity index (χ3v) is 7.21. The van der Waals surface area contributed by atoms with E-state index in [0.717, 1.165) is 52.3 Å². The van der Waals surface area contributed by atoms with Crippen LogP contribution in [-0.4, -0.2) is 46.4 Å². The summed E-state index contributed by atoms with van der Waals surface area (Å²) in [6.45, 7) is 2.45. The minimum absolute atomic E-state index is 0.0940. The molecule has 1 amide bonds. The standard InChI is InChI=1S/C30H30BN7O/c31-22-10-8-21(9-11-22)30(39)34-19-20-6-12-23(13-7-20)38-28(24-5-4-16-33-27(24)32)35-25-14-15-26(36-29(25)38)37-17-2-1-3-18-37/h4-16H,1-3,17-19,31H2,(H2,32,33)(H,34,39). The molecule has 0 saturated carbocycles. The first-order chi connectivity index (χ1) is 19.1. The highest BCUT2D eigenvalue weighted by Crippen LogP contribution is 2.31. The van der Waals surface area contributed by atoms with Crippen LogP contribution in [0.5, 0.6) is 0 Å². The maximum absolute atomic E-state index is 12.6. The molecule has 6 rings (SSSR count). The number of benzene rings is 2. The number of carbonyl (C=O) groups is 1. The molecule has 5 aromatic rings. The van der Waals surface area contributed by atoms with E-state index >= 15 is 0 Å². The maximum Gasteiger partial charge on any atom is 0.251 e. The molecule has 4 heterocycles. The van der Waals surface area contributed by atoms with Gasteiger partial charge in [0, 0.05) is 37.1 Å². The molecule has 9 heteroatoms. The number of hydrogen-bond donors (Lipinski definition) is 2. The highest BCUT2D eigenvalue weighted by atomic mass is 16.1. The zero-order valence-electron chi connectivity index (χ0n) is 22.0. The second-order valence-electron chi connectivity index (χ2n) is 9.98. The van der Waals surface area contributed by atoms with Crippen molar-refractivity contribution in [2.24, 2.45) is 0 Å². The van der Waals surface area contributed by atoms with Gasteiger partial charge in [0.05, 0.1) is 5.56 Å². The fraction of sp³-hybridized carbons (Fsp3) is 0.200. The molecule has 1 saturated heterocycles. The molecule has 39 heavy (non-hydrogen) atoms. The molecule has 1 aliphatic rings. The SMILES string of the molecule is Bc1ccc(C(=O)NCc2ccc(-n3c(-c4cccnc4N)nc4ccc(N5CCCCC5)nc43)cc2)cc1. The number of imidazole rings is 1. The first-order valence-electron chi connectivity index (χ1n) is 13.4. The molecule has 3 N–H and O–H groups in total. The fourth-order valence-electron chi connectivity index (χ4n) is 5.03. The largest absolute Gasteiger partial charge is 0.383 e. The molecule has 1 fully saturated rings. The average molecular weight is 515 g/mol. The Morgan fingerprint density at radius 3 is 2.44 bits per heavy atom. The second kappa shape index (κ2) is 10.6. The first kappa shape index (κ1) is 24.7. The van der Waals surface area contributed by atoms with Gasteiger partial charge in [-0.3, -0.25) is 9.36 Å². The van der Waals surface area contributed by atoms with Crippen molar-refractivity contribution in [1.29, 1.82) is 0 Å². The molecule has 3 aromatic heterocycles. The van der Waals surface area contributed by atoms with Crippen LogP contribution in [-0.2, 0) is 6.54 Å². The van der Waals surface area contributed by atoms with Gasteiger partial charge in [0.2, 0.25) is 0 Å². The molecule has 0 bridgehead atoms. The number of nitrogens with two attached hydrogens (primary N) is 1. The van der Waals surface area contributed by atoms with Crippen molar-refractivity contribution in [2.75, 3.05) is 23.7 Å². The van der Waals surface area contributed by atoms with E-state index in [1.54, 1.807) is 6.20 Å². The maximum atomic E-state index is 12.6. The lowest BCUT2D eigenvalue weighted by atomic mass is 9.95. The van der Waals surface area contributed by atoms with Gasteiger partial charge in [-0.1, -0.05) is 41.9 Å². The number of nitrogens with zero attached hydrogens (tertiary/aromatic N) is 5. The third kappa shape index (κ3) is 5.08. The lowest BCUT2D eigenvalue weighted by molar-refractivity contribution is 0.0951. The summed E-state index contributed by atoms with van der Waals surface area (Å²) in [7, 11) is 2.00. The lowest BCUT2D eigenvalue weighted by Gasteiger charge is -2.27. The Hall–Kier alpha value is -4.66. The van der Waals surface area contributed by atoms with Gasteiger partial charge in [0.25, 0.3) is 5.91 Å². The number of rotatable bonds is 6. The van der Waals surface area contributed by atoms with Crippen molar-refractivity contribution in [2.45, 2.75) is 25.8 Å². The topological polar surface area (TPSA) is 102 Å². The van der Waals surface area contributed by atoms with Gasteiger partial charge in [-0.15, -0.1) is 0 Å². The van der Waals surface area contributed by atoms with E-state index in [4.69, 9.17) is 15.7 Å². The summed E-state index contributed by atoms with van der Waals surface area (Å²) in [5.74, 6) is 1.98. The lowest BCUT2D eigenvalue weighted by Crippen LogP contribution is -2.30. The van der Waals surface area contributed by atoms with Crippen LogP contribution in [0.25, 0.3) is 28.2 Å². The molecule has 194 valence electrons. The summed E-state index contributed by atoms with van der Waals surface area (Å²) in [5.41, 5.74) is 12.3. The van der Waals surface area contributed by atoms with Crippen LogP contribution >= 0.6 is 0 Å². The summed E-state index contributed by atoms with van der Waals surface area (Å²) in [6.07, 6.45) is 5.30. The Kier molecular flexibility index (Phi) is 6.71. The molecule has 0 atom stereocenters. The molecule has 0 aliphatic carbocycles. The Morgan fingerprint density at radius 2 is 1.69 bits per heavy atom. The predicted molar refractivity (Wildman–Crippen MR) is 158 cm³/mol. The monoisotopic (exact) mass is 515 g/mol. The zero-order valence-corrected chi connectivity index (χ0v) is 22.0. The molecular weight excluding hydrogens is 485 g/mol. The Labute approximate surface area is 228 Å². The molecule has 8 nitrogen and oxygen atoms in total. The van der Waals surface area contributed by atoms with Gasteiger partial charge in [0.15, 0.2) is 11.5 Å². The zero-order chi connectivity index (χ0) is 26.8. The molecule has 1 aliphatic heterocycles. The number of carbonyl (C=O) groups excluding carboxylic acids is 1. The van der Waals surface area contributed by atoms with Gasteiger partial charge in [0.1, 0.15) is 25.0 Å². The van der Waals surface area contributed by atoms with Gasteiger partial charge in [-0.25, -0.2) is 15.0 Å². The average Bonchev–Trinajstić information content (AvgIpc) is 3.36. The quantitative estimate of drug-likeness (QED) is 0.337. The van der Waals surface area contributed by atoms with Crippen molar-refractivity contribution in [1.82, 2.24) is 24.8 Å². The second-order valence-corrected chi connectivity index (χ2v) is 9.98. The van der Waals surface area contributed by atoms with E-state index < -0.39 is 0 Å². The van der Waals surface area contributed by atoms with E-state index in [9.17, 15) is 4.79 Å². The van der Waals surface area contributed by atoms with Crippen LogP contribution in [0.4, 0.5) is 11.6 Å². The number of nitrogen functional groups attached to an aromatic ring is 1. The van der Waals surface area contributed by atoms with E-state index in [2.05, 4.69) is 21.3 Å². The molecule has 2 aromatic carbocycles. The van der Waals surface area contributed by atoms with Crippen LogP contribution < -0.4 is 21.4 Å². The summed E-state index contributed by atoms with van der Waals surface area (Å²) < 4.78 is 2.05. The van der Waals surface area contributed by atoms with Gasteiger partial charge in [-0.2, -0.15) is 0 Å². The van der Waals surface area contributed by atoms with Gasteiger partial charge < -0.3 is 16.0 Å². The minimum Gasteiger partial charge on any atom is -0.383 e. The molecular formula is C30H30BN7O. The number of aromatic nitrogens is 4. The van der Waals surface area contributed by atoms with Crippen molar-refractivity contribution in [3.8, 4) is 17.1 Å². The number of piperidine rings is 1. The number of nitrogens with one attached hydrogen (secondary N) is 1. The van der Waals surface area contributed by atoms with E-state index in [-0.39, 0.29) is 5.91 Å². The molecule has 0 unspecified atom stereocenters. The van der Waals surface area contributed by atoms with Crippen molar-refractivity contribution in [3.05, 3.63) is 90.1 Å². The number of pyridine rings is 2. The predicted octanol–water partition coefficient (Wildman–Crippen LogP) is 3.24. The number of amides is 1. The van der Waals surface area contributed by atoms with Crippen molar-refractivity contribution in [3.63, 3.8) is 0 Å². The van der Waals surface area contributed by atoms with Crippen molar-refractivity contribution >= 4 is 42.0 Å². The first-order valence-corrected chi connectivity index (χ1v) is 13.4. The number of anilines is 2. The number of hydrogen-bond acceptors (Lipinski definition) is 6. The normalized spacial score (nSPS) is 13.5. The summed E-state index contributed by atoms with van der Waals surface area (Å²) in [5, 5.41) is 3.01. The van der Waals surface area contributed by atoms with Gasteiger partial charge >= 0.3 is 0 Å². The fourth-order valence-corrected chi connectivity index (χ4v) is 5.03. The van der Waals surface area contributed by atoms with Crippen LogP contribution in [0.15, 0.2) is 79.0 Å². The Bertz CT molecular complexity index is 1620. The Balaban J connectivity index is 1.34. The summed E-state index contributed by atoms with van der Waals surface area (Å²) >= 11 is 0. The van der Waals surface area contributed by atoms with E-state index in [0.29, 0.717) is 23.8 Å². The minimum atomic E-state index is -0.0940. The Morgan fingerprint density at radius 1 is 0.923 bits per heavy atom. The van der Waals surface area contributed by atoms with Gasteiger partial charge in [-0.05, 0) is 61.2 Å². The number of fused-ring (bicyclic) bond motifs is 1. The van der Waals surface area contributed by atoms with Crippen LogP contribution in [0.3, 0.4) is 0 Å². The van der Waals surface area contributed by atoms with Crippen molar-refractivity contribution < 1.29 is 4.79 Å². The van der Waals surface area contributed by atoms with E-state index in [1.807, 2.05) is 79.1 Å². The molecule has 0 radical (unpaired) electrons. The summed E-state index contributed by atoms with van der Waals surface area (Å²) in [4.78, 5) is 29.2. The highest BCUT2D eigenvalue weighted by molar-refractivity contribution is 6.32. The summed E-state index contributed by atoms with van der Waals surface area (Å²) in [6, 6.07) is 23.5. The highest BCUT2D eigenvalue weighted by Gasteiger charge is 2.20. The van der Waals surface area contributed by atoms with E-state index in [1.165, 1.54) is 19.3 Å². The van der Waals surface area contributed by atoms with Crippen LogP contribution in [0.2, 0.25) is 0 Å². The van der Waals surface area contributed by atoms with Crippen LogP contribution in [0, 0.1) is 0 Å². The third-order valence-electron chi connectivity index (χ3n) is 7.21. The van der Waals surface area contributed by atoms with Crippen LogP contribution in [0.1, 0.15) is 35.2 Å². The molecule has 0 spiro atoms.